The van der Waals surface area contributed by atoms with Gasteiger partial charge in [0.2, 0.25) is 6.54 Å². The van der Waals surface area contributed by atoms with Gasteiger partial charge in [-0.05, 0) is 24.6 Å². The number of alkyl halides is 3. The third kappa shape index (κ3) is 2.63. The lowest BCUT2D eigenvalue weighted by Gasteiger charge is -2.32. The molecule has 0 saturated heterocycles. The van der Waals surface area contributed by atoms with Gasteiger partial charge < -0.3 is 4.98 Å². The van der Waals surface area contributed by atoms with E-state index >= 15 is 0 Å². The molecule has 0 fully saturated rings. The summed E-state index contributed by atoms with van der Waals surface area (Å²) in [5.74, 6) is 0. The molecule has 0 saturated carbocycles. The van der Waals surface area contributed by atoms with E-state index in [0.29, 0.717) is 5.69 Å². The van der Waals surface area contributed by atoms with E-state index in [1.807, 2.05) is 0 Å². The molecule has 0 aliphatic rings. The van der Waals surface area contributed by atoms with E-state index < -0.39 is 23.1 Å². The summed E-state index contributed by atoms with van der Waals surface area (Å²) in [5.41, 5.74) is -2.56. The lowest BCUT2D eigenvalue weighted by atomic mass is 9.76. The standard InChI is InChI=1S/C14H13F3N2O2/c1-10-7-8-12(18-10)13(9-19(20)21,14(15,16)17)11-5-3-2-4-6-11/h2-8,18H,9H2,1H3. The maximum absolute atomic E-state index is 13.8. The van der Waals surface area contributed by atoms with Gasteiger partial charge >= 0.3 is 6.18 Å². The molecule has 1 aromatic heterocycles. The Bertz CT molecular complexity index is 637. The normalized spacial score (nSPS) is 14.7. The number of benzene rings is 1. The average Bonchev–Trinajstić information content (AvgIpc) is 2.82. The first-order valence-electron chi connectivity index (χ1n) is 6.17. The van der Waals surface area contributed by atoms with Crippen molar-refractivity contribution < 1.29 is 18.1 Å². The lowest BCUT2D eigenvalue weighted by molar-refractivity contribution is -0.498. The first-order valence-corrected chi connectivity index (χ1v) is 6.17. The van der Waals surface area contributed by atoms with Crippen LogP contribution in [0.25, 0.3) is 0 Å². The molecule has 0 bridgehead atoms. The molecule has 0 aliphatic carbocycles. The Morgan fingerprint density at radius 2 is 1.76 bits per heavy atom. The predicted octanol–water partition coefficient (Wildman–Crippen LogP) is 3.45. The van der Waals surface area contributed by atoms with Crippen molar-refractivity contribution in [1.82, 2.24) is 4.98 Å². The van der Waals surface area contributed by atoms with Gasteiger partial charge in [-0.3, -0.25) is 10.1 Å². The van der Waals surface area contributed by atoms with Crippen LogP contribution in [0.1, 0.15) is 17.0 Å². The van der Waals surface area contributed by atoms with Crippen molar-refractivity contribution in [3.05, 3.63) is 69.5 Å². The van der Waals surface area contributed by atoms with Crippen LogP contribution in [-0.4, -0.2) is 22.6 Å². The van der Waals surface area contributed by atoms with Gasteiger partial charge in [-0.2, -0.15) is 13.2 Å². The van der Waals surface area contributed by atoms with Gasteiger partial charge in [-0.25, -0.2) is 0 Å². The van der Waals surface area contributed by atoms with Crippen molar-refractivity contribution in [3.63, 3.8) is 0 Å². The van der Waals surface area contributed by atoms with Gasteiger partial charge in [-0.15, -0.1) is 0 Å². The summed E-state index contributed by atoms with van der Waals surface area (Å²) in [7, 11) is 0. The highest BCUT2D eigenvalue weighted by Crippen LogP contribution is 2.46. The van der Waals surface area contributed by atoms with Crippen LogP contribution in [0.3, 0.4) is 0 Å². The Kier molecular flexibility index (Phi) is 3.76. The molecule has 0 aliphatic heterocycles. The van der Waals surface area contributed by atoms with E-state index in [1.165, 1.54) is 36.4 Å². The van der Waals surface area contributed by atoms with Gasteiger partial charge in [0.05, 0.1) is 0 Å². The van der Waals surface area contributed by atoms with E-state index in [0.717, 1.165) is 0 Å². The Hall–Kier alpha value is -2.31. The number of nitrogens with one attached hydrogen (secondary N) is 1. The van der Waals surface area contributed by atoms with Crippen LogP contribution in [-0.2, 0) is 5.41 Å². The zero-order chi connectivity index (χ0) is 15.7. The summed E-state index contributed by atoms with van der Waals surface area (Å²) >= 11 is 0. The van der Waals surface area contributed by atoms with Gasteiger partial charge in [0.25, 0.3) is 0 Å². The maximum Gasteiger partial charge on any atom is 0.410 e. The largest absolute Gasteiger partial charge is 0.410 e. The summed E-state index contributed by atoms with van der Waals surface area (Å²) in [5, 5.41) is 10.9. The SMILES string of the molecule is Cc1ccc(C(C[N+](=O)[O-])(c2ccccc2)C(F)(F)F)[nH]1. The molecule has 1 heterocycles. The van der Waals surface area contributed by atoms with Crippen molar-refractivity contribution in [2.24, 2.45) is 0 Å². The van der Waals surface area contributed by atoms with Gasteiger partial charge in [-0.1, -0.05) is 30.3 Å². The molecule has 1 aromatic carbocycles. The fourth-order valence-electron chi connectivity index (χ4n) is 2.41. The Balaban J connectivity index is 2.74. The molecule has 112 valence electrons. The molecule has 4 nitrogen and oxygen atoms in total. The quantitative estimate of drug-likeness (QED) is 0.694. The van der Waals surface area contributed by atoms with Crippen LogP contribution >= 0.6 is 0 Å². The zero-order valence-electron chi connectivity index (χ0n) is 11.1. The third-order valence-electron chi connectivity index (χ3n) is 3.41. The predicted molar refractivity (Wildman–Crippen MR) is 70.7 cm³/mol. The van der Waals surface area contributed by atoms with Crippen molar-refractivity contribution in [1.29, 1.82) is 0 Å². The highest BCUT2D eigenvalue weighted by atomic mass is 19.4. The maximum atomic E-state index is 13.8. The number of aromatic nitrogens is 1. The third-order valence-corrected chi connectivity index (χ3v) is 3.41. The highest BCUT2D eigenvalue weighted by molar-refractivity contribution is 5.39. The molecule has 0 radical (unpaired) electrons. The van der Waals surface area contributed by atoms with Crippen LogP contribution in [0, 0.1) is 17.0 Å². The molecule has 1 N–H and O–H groups in total. The number of nitro groups is 1. The lowest BCUT2D eigenvalue weighted by Crippen LogP contribution is -2.49. The van der Waals surface area contributed by atoms with Crippen molar-refractivity contribution in [2.75, 3.05) is 6.54 Å². The fraction of sp³-hybridized carbons (Fsp3) is 0.286. The van der Waals surface area contributed by atoms with Crippen LogP contribution in [0.4, 0.5) is 13.2 Å². The van der Waals surface area contributed by atoms with Crippen molar-refractivity contribution in [3.8, 4) is 0 Å². The van der Waals surface area contributed by atoms with Gasteiger partial charge in [0.1, 0.15) is 0 Å². The van der Waals surface area contributed by atoms with E-state index in [-0.39, 0.29) is 11.3 Å². The van der Waals surface area contributed by atoms with Crippen LogP contribution in [0.5, 0.6) is 0 Å². The van der Waals surface area contributed by atoms with Crippen LogP contribution < -0.4 is 0 Å². The van der Waals surface area contributed by atoms with Gasteiger partial charge in [0.15, 0.2) is 5.41 Å². The topological polar surface area (TPSA) is 58.9 Å². The number of H-pyrrole nitrogens is 1. The van der Waals surface area contributed by atoms with Crippen LogP contribution in [0.15, 0.2) is 42.5 Å². The second-order valence-corrected chi connectivity index (χ2v) is 4.81. The van der Waals surface area contributed by atoms with Gasteiger partial charge in [0, 0.05) is 16.3 Å². The number of hydrogen-bond acceptors (Lipinski definition) is 2. The first kappa shape index (κ1) is 15.1. The second kappa shape index (κ2) is 5.23. The molecule has 7 heteroatoms. The van der Waals surface area contributed by atoms with Crippen molar-refractivity contribution in [2.45, 2.75) is 18.5 Å². The minimum absolute atomic E-state index is 0.156. The summed E-state index contributed by atoms with van der Waals surface area (Å²) in [6.07, 6.45) is -4.81. The molecule has 0 spiro atoms. The van der Waals surface area contributed by atoms with E-state index in [1.54, 1.807) is 13.0 Å². The molecule has 1 atom stereocenters. The number of halogens is 3. The summed E-state index contributed by atoms with van der Waals surface area (Å²) < 4.78 is 41.4. The zero-order valence-corrected chi connectivity index (χ0v) is 11.1. The number of aryl methyl sites for hydroxylation is 1. The van der Waals surface area contributed by atoms with E-state index in [4.69, 9.17) is 0 Å². The minimum atomic E-state index is -4.81. The number of rotatable bonds is 4. The monoisotopic (exact) mass is 298 g/mol. The summed E-state index contributed by atoms with van der Waals surface area (Å²) in [6.45, 7) is 0.336. The van der Waals surface area contributed by atoms with E-state index in [9.17, 15) is 23.3 Å². The summed E-state index contributed by atoms with van der Waals surface area (Å²) in [4.78, 5) is 12.6. The number of aromatic amines is 1. The first-order chi connectivity index (χ1) is 9.77. The Morgan fingerprint density at radius 1 is 1.14 bits per heavy atom. The average molecular weight is 298 g/mol. The van der Waals surface area contributed by atoms with Crippen LogP contribution in [0.2, 0.25) is 0 Å². The molecule has 1 unspecified atom stereocenters. The van der Waals surface area contributed by atoms with E-state index in [2.05, 4.69) is 4.98 Å². The number of nitrogens with zero attached hydrogens (tertiary/aromatic N) is 1. The second-order valence-electron chi connectivity index (χ2n) is 4.81. The highest BCUT2D eigenvalue weighted by Gasteiger charge is 2.61. The molecule has 21 heavy (non-hydrogen) atoms. The molecular formula is C14H13F3N2O2. The minimum Gasteiger partial charge on any atom is -0.361 e. The van der Waals surface area contributed by atoms with Crippen molar-refractivity contribution >= 4 is 0 Å². The smallest absolute Gasteiger partial charge is 0.361 e. The molecule has 2 rings (SSSR count). The molecule has 0 amide bonds. The molecular weight excluding hydrogens is 285 g/mol. The molecule has 2 aromatic rings. The summed E-state index contributed by atoms with van der Waals surface area (Å²) in [6, 6.07) is 9.67. The fourth-order valence-corrected chi connectivity index (χ4v) is 2.41. The Morgan fingerprint density at radius 3 is 2.19 bits per heavy atom. The Labute approximate surface area is 118 Å². The number of hydrogen-bond donors (Lipinski definition) is 1.